The van der Waals surface area contributed by atoms with Crippen molar-refractivity contribution >= 4 is 11.6 Å². The number of hydrogen-bond donors (Lipinski definition) is 3. The van der Waals surface area contributed by atoms with Crippen LogP contribution in [0.5, 0.6) is 0 Å². The van der Waals surface area contributed by atoms with Crippen molar-refractivity contribution in [2.24, 2.45) is 5.92 Å². The Bertz CT molecular complexity index is 605. The molecule has 0 saturated carbocycles. The highest BCUT2D eigenvalue weighted by atomic mass is 16.3. The monoisotopic (exact) mass is 302 g/mol. The minimum atomic E-state index is -0.482. The van der Waals surface area contributed by atoms with E-state index in [0.717, 1.165) is 30.6 Å². The summed E-state index contributed by atoms with van der Waals surface area (Å²) in [6, 6.07) is 8.09. The van der Waals surface area contributed by atoms with Crippen LogP contribution in [0, 0.1) is 5.92 Å². The molecule has 0 aliphatic carbocycles. The summed E-state index contributed by atoms with van der Waals surface area (Å²) in [5.41, 5.74) is 1.55. The Hall–Kier alpha value is -1.43. The number of nitrogens with one attached hydrogen (secondary N) is 1. The van der Waals surface area contributed by atoms with Crippen molar-refractivity contribution in [3.05, 3.63) is 29.8 Å². The second-order valence-corrected chi connectivity index (χ2v) is 6.81. The van der Waals surface area contributed by atoms with Gasteiger partial charge in [0, 0.05) is 31.4 Å². The molecule has 22 heavy (non-hydrogen) atoms. The summed E-state index contributed by atoms with van der Waals surface area (Å²) in [7, 11) is 0. The normalized spacial score (nSPS) is 37.2. The topological polar surface area (TPSA) is 72.8 Å². The van der Waals surface area contributed by atoms with Crippen molar-refractivity contribution in [1.29, 1.82) is 0 Å². The summed E-state index contributed by atoms with van der Waals surface area (Å²) in [6.07, 6.45) is 1.77. The molecular formula is C17H22N2O3. The molecule has 0 radical (unpaired) electrons. The van der Waals surface area contributed by atoms with Crippen molar-refractivity contribution in [3.8, 4) is 0 Å². The molecule has 0 bridgehead atoms. The average molecular weight is 302 g/mol. The fraction of sp³-hybridized carbons (Fsp3) is 0.588. The number of anilines is 1. The van der Waals surface area contributed by atoms with E-state index >= 15 is 0 Å². The molecule has 3 aliphatic heterocycles. The lowest BCUT2D eigenvalue weighted by molar-refractivity contribution is -0.123. The fourth-order valence-electron chi connectivity index (χ4n) is 4.75. The Labute approximate surface area is 129 Å². The van der Waals surface area contributed by atoms with Crippen molar-refractivity contribution in [2.75, 3.05) is 25.0 Å². The van der Waals surface area contributed by atoms with Crippen LogP contribution in [0.25, 0.3) is 0 Å². The first-order valence-corrected chi connectivity index (χ1v) is 8.11. The van der Waals surface area contributed by atoms with Crippen molar-refractivity contribution < 1.29 is 15.0 Å². The number of benzene rings is 1. The van der Waals surface area contributed by atoms with Crippen LogP contribution in [-0.4, -0.2) is 52.9 Å². The number of carbonyl (C=O) groups is 1. The quantitative estimate of drug-likeness (QED) is 0.752. The highest BCUT2D eigenvalue weighted by molar-refractivity contribution is 6.07. The van der Waals surface area contributed by atoms with Gasteiger partial charge in [0.15, 0.2) is 0 Å². The Balaban J connectivity index is 1.73. The zero-order chi connectivity index (χ0) is 15.3. The smallest absolute Gasteiger partial charge is 0.236 e. The van der Waals surface area contributed by atoms with Gasteiger partial charge in [0.1, 0.15) is 0 Å². The van der Waals surface area contributed by atoms with E-state index in [0.29, 0.717) is 13.0 Å². The van der Waals surface area contributed by atoms with Crippen LogP contribution in [0.3, 0.4) is 0 Å². The molecule has 2 saturated heterocycles. The molecule has 118 valence electrons. The summed E-state index contributed by atoms with van der Waals surface area (Å²) in [6.45, 7) is 1.53. The van der Waals surface area contributed by atoms with E-state index in [2.05, 4.69) is 16.3 Å². The number of rotatable bonds is 2. The lowest BCUT2D eigenvalue weighted by Gasteiger charge is -2.43. The molecule has 2 fully saturated rings. The van der Waals surface area contributed by atoms with Crippen LogP contribution in [0.1, 0.15) is 24.8 Å². The molecule has 1 aromatic rings. The van der Waals surface area contributed by atoms with Gasteiger partial charge in [-0.2, -0.15) is 0 Å². The fourth-order valence-corrected chi connectivity index (χ4v) is 4.75. The van der Waals surface area contributed by atoms with Crippen LogP contribution in [-0.2, 0) is 10.2 Å². The Morgan fingerprint density at radius 1 is 1.36 bits per heavy atom. The number of fused-ring (bicyclic) bond motifs is 4. The van der Waals surface area contributed by atoms with Gasteiger partial charge in [0.05, 0.1) is 11.5 Å². The third kappa shape index (κ3) is 1.79. The molecule has 0 unspecified atom stereocenters. The SMILES string of the molecule is O=C1Nc2ccccc2[C@]12CCN1C[C@H](O)[C@@H](CCO)C[C@H]12. The molecule has 4 atom stereocenters. The molecule has 1 spiro atoms. The van der Waals surface area contributed by atoms with Gasteiger partial charge in [-0.15, -0.1) is 0 Å². The molecule has 3 N–H and O–H groups in total. The summed E-state index contributed by atoms with van der Waals surface area (Å²) in [5, 5.41) is 22.6. The number of hydrogen-bond acceptors (Lipinski definition) is 4. The Morgan fingerprint density at radius 3 is 3.00 bits per heavy atom. The molecule has 0 aromatic heterocycles. The maximum atomic E-state index is 12.8. The number of piperidine rings is 1. The van der Waals surface area contributed by atoms with Crippen molar-refractivity contribution in [3.63, 3.8) is 0 Å². The van der Waals surface area contributed by atoms with Gasteiger partial charge in [-0.25, -0.2) is 0 Å². The van der Waals surface area contributed by atoms with Gasteiger partial charge in [-0.3, -0.25) is 9.69 Å². The maximum absolute atomic E-state index is 12.8. The average Bonchev–Trinajstić information content (AvgIpc) is 3.01. The van der Waals surface area contributed by atoms with Gasteiger partial charge in [0.25, 0.3) is 0 Å². The van der Waals surface area contributed by atoms with Crippen molar-refractivity contribution in [2.45, 2.75) is 36.8 Å². The van der Waals surface area contributed by atoms with Crippen LogP contribution in [0.4, 0.5) is 5.69 Å². The third-order valence-electron chi connectivity index (χ3n) is 5.86. The summed E-state index contributed by atoms with van der Waals surface area (Å²) < 4.78 is 0. The molecule has 3 aliphatic rings. The van der Waals surface area contributed by atoms with E-state index in [1.165, 1.54) is 0 Å². The van der Waals surface area contributed by atoms with Gasteiger partial charge in [0.2, 0.25) is 5.91 Å². The highest BCUT2D eigenvalue weighted by Gasteiger charge is 2.59. The summed E-state index contributed by atoms with van der Waals surface area (Å²) in [4.78, 5) is 15.1. The van der Waals surface area contributed by atoms with Crippen molar-refractivity contribution in [1.82, 2.24) is 4.90 Å². The molecule has 4 rings (SSSR count). The maximum Gasteiger partial charge on any atom is 0.236 e. The second-order valence-electron chi connectivity index (χ2n) is 6.81. The number of amides is 1. The Morgan fingerprint density at radius 2 is 2.18 bits per heavy atom. The predicted molar refractivity (Wildman–Crippen MR) is 82.5 cm³/mol. The highest BCUT2D eigenvalue weighted by Crippen LogP contribution is 2.51. The number of nitrogens with zero attached hydrogens (tertiary/aromatic N) is 1. The zero-order valence-corrected chi connectivity index (χ0v) is 12.5. The first-order valence-electron chi connectivity index (χ1n) is 8.11. The van der Waals surface area contributed by atoms with Gasteiger partial charge < -0.3 is 15.5 Å². The molecule has 5 nitrogen and oxygen atoms in total. The lowest BCUT2D eigenvalue weighted by Crippen LogP contribution is -2.54. The van der Waals surface area contributed by atoms with E-state index in [9.17, 15) is 15.0 Å². The summed E-state index contributed by atoms with van der Waals surface area (Å²) >= 11 is 0. The van der Waals surface area contributed by atoms with E-state index in [1.54, 1.807) is 0 Å². The van der Waals surface area contributed by atoms with Crippen LogP contribution in [0.2, 0.25) is 0 Å². The van der Waals surface area contributed by atoms with E-state index in [1.807, 2.05) is 18.2 Å². The zero-order valence-electron chi connectivity index (χ0n) is 12.5. The first kappa shape index (κ1) is 14.2. The Kier molecular flexibility index (Phi) is 3.25. The molecule has 5 heteroatoms. The van der Waals surface area contributed by atoms with E-state index in [4.69, 9.17) is 0 Å². The molecule has 3 heterocycles. The molecular weight excluding hydrogens is 280 g/mol. The number of para-hydroxylation sites is 1. The van der Waals surface area contributed by atoms with Crippen LogP contribution < -0.4 is 5.32 Å². The molecule has 1 amide bonds. The van der Waals surface area contributed by atoms with Gasteiger partial charge >= 0.3 is 0 Å². The largest absolute Gasteiger partial charge is 0.396 e. The number of carbonyl (C=O) groups excluding carboxylic acids is 1. The minimum Gasteiger partial charge on any atom is -0.396 e. The van der Waals surface area contributed by atoms with Gasteiger partial charge in [-0.05, 0) is 36.8 Å². The molecule has 1 aromatic carbocycles. The summed E-state index contributed by atoms with van der Waals surface area (Å²) in [5.74, 6) is 0.169. The predicted octanol–water partition coefficient (Wildman–Crippen LogP) is 0.714. The standard InChI is InChI=1S/C17H22N2O3/c20-8-5-11-9-15-17(6-7-19(15)10-14(11)21)12-3-1-2-4-13(12)18-16(17)22/h1-4,11,14-15,20-21H,5-10H2,(H,18,22)/t11-,14-,15-,17-/m0/s1. The number of aliphatic hydroxyl groups is 2. The van der Waals surface area contributed by atoms with E-state index < -0.39 is 11.5 Å². The second kappa shape index (κ2) is 5.05. The lowest BCUT2D eigenvalue weighted by atomic mass is 9.70. The van der Waals surface area contributed by atoms with Crippen LogP contribution in [0.15, 0.2) is 24.3 Å². The third-order valence-corrected chi connectivity index (χ3v) is 5.86. The number of aliphatic hydroxyl groups excluding tert-OH is 2. The minimum absolute atomic E-state index is 0.0711. The van der Waals surface area contributed by atoms with E-state index in [-0.39, 0.29) is 24.5 Å². The first-order chi connectivity index (χ1) is 10.7. The van der Waals surface area contributed by atoms with Crippen LogP contribution >= 0.6 is 0 Å². The van der Waals surface area contributed by atoms with Gasteiger partial charge in [-0.1, -0.05) is 18.2 Å².